The maximum absolute atomic E-state index is 8.39. The molecule has 20 rings (SSSR count). The molecule has 0 amide bonds. The van der Waals surface area contributed by atoms with Crippen LogP contribution in [0.15, 0.2) is 313 Å². The molecule has 0 aliphatic carbocycles. The first-order valence-electron chi connectivity index (χ1n) is 51.8. The third-order valence-electron chi connectivity index (χ3n) is 21.9. The molecule has 124 heavy (non-hydrogen) atoms. The minimum absolute atomic E-state index is 0. The zero-order valence-corrected chi connectivity index (χ0v) is 76.4. The Balaban J connectivity index is 0.000000150. The van der Waals surface area contributed by atoms with Crippen LogP contribution < -0.4 is 10.4 Å². The summed E-state index contributed by atoms with van der Waals surface area (Å²) in [4.78, 5) is 17.8. The zero-order valence-electron chi connectivity index (χ0n) is 92.6. The van der Waals surface area contributed by atoms with E-state index in [0.29, 0.717) is 95.1 Å². The zero-order chi connectivity index (χ0) is 104. The first kappa shape index (κ1) is 62.2. The first-order chi connectivity index (χ1) is 68.0. The Morgan fingerprint density at radius 2 is 0.758 bits per heavy atom. The van der Waals surface area contributed by atoms with E-state index in [1.165, 1.54) is 36.8 Å². The molecule has 10 heteroatoms. The summed E-state index contributed by atoms with van der Waals surface area (Å²) < 4.78 is 199. The van der Waals surface area contributed by atoms with E-state index < -0.39 is 75.9 Å². The SMILES string of the molecule is [2H]C([2H])([2H])c1c[c-]c(-c2ccc(C([2H])([2H])C(C)(C)C)cn2)cc1-c1ccccc1.[2H]C([2H])([2H])c1ccc(-c2[c-]cc(C([2H])([2H])[2H])c(-c3ccccc3)c2)nc1.[2H]C([2H])([2H])c1cnc(-c2[c-]ccc3c2oc2cc4c(ccc5ccccc54)cc23)cc1-c1ccc([Si](C)(C)C)cc1C([2H])([2H])[2H].[2H]C([2H])([2H])c1cnc(-c2[c-]ccc3c2oc2cc4c(ccc5ccccc54)cc23)cc1-c1ccc([Si](C)(C)C)cc1C([2H])([2H])[2H].[Ir].[Ir]. The van der Waals surface area contributed by atoms with Gasteiger partial charge in [-0.25, -0.2) is 0 Å². The summed E-state index contributed by atoms with van der Waals surface area (Å²) >= 11 is 0. The molecule has 0 fully saturated rings. The minimum atomic E-state index is -2.51. The topological polar surface area (TPSA) is 77.8 Å². The normalized spacial score (nSPS) is 15.2. The number of fused-ring (bicyclic) bond motifs is 12. The van der Waals surface area contributed by atoms with Crippen molar-refractivity contribution in [3.05, 3.63) is 373 Å². The molecule has 0 unspecified atom stereocenters. The predicted molar refractivity (Wildman–Crippen MR) is 523 cm³/mol. The number of aryl methyl sites for hydroxylation is 7. The first-order valence-corrected chi connectivity index (χ1v) is 47.3. The van der Waals surface area contributed by atoms with Crippen LogP contribution in [0.2, 0.25) is 39.3 Å². The average molecular weight is 2020 g/mol. The van der Waals surface area contributed by atoms with Gasteiger partial charge in [0.05, 0.1) is 27.3 Å². The summed E-state index contributed by atoms with van der Waals surface area (Å²) in [5.74, 6) is 0. The van der Waals surface area contributed by atoms with Gasteiger partial charge in [0.1, 0.15) is 11.2 Å². The van der Waals surface area contributed by atoms with Crippen molar-refractivity contribution in [3.63, 3.8) is 0 Å². The van der Waals surface area contributed by atoms with Crippen LogP contribution in [-0.2, 0) is 46.6 Å². The van der Waals surface area contributed by atoms with Crippen molar-refractivity contribution >= 4 is 113 Å². The Morgan fingerprint density at radius 1 is 0.331 bits per heavy atom. The van der Waals surface area contributed by atoms with Crippen molar-refractivity contribution in [1.82, 2.24) is 19.9 Å². The maximum Gasteiger partial charge on any atom is 0.121 e. The van der Waals surface area contributed by atoms with Crippen molar-refractivity contribution in [2.75, 3.05) is 0 Å². The Morgan fingerprint density at radius 3 is 1.17 bits per heavy atom. The van der Waals surface area contributed by atoms with Crippen LogP contribution in [-0.4, -0.2) is 36.1 Å². The summed E-state index contributed by atoms with van der Waals surface area (Å²) in [7, 11) is -3.71. The summed E-state index contributed by atoms with van der Waals surface area (Å²) in [6, 6.07) is 99.3. The van der Waals surface area contributed by atoms with Gasteiger partial charge in [-0.05, 0) is 203 Å². The number of hydrogen-bond donors (Lipinski definition) is 0. The molecule has 6 aromatic heterocycles. The third kappa shape index (κ3) is 18.4. The van der Waals surface area contributed by atoms with Gasteiger partial charge in [-0.3, -0.25) is 0 Å². The van der Waals surface area contributed by atoms with Crippen LogP contribution in [0.4, 0.5) is 0 Å². The largest absolute Gasteiger partial charge is 0.501 e. The Bertz CT molecular complexity index is 8020. The van der Waals surface area contributed by atoms with Gasteiger partial charge in [0, 0.05) is 107 Å². The van der Waals surface area contributed by atoms with Crippen molar-refractivity contribution in [1.29, 1.82) is 0 Å². The maximum atomic E-state index is 8.39. The number of furan rings is 2. The summed E-state index contributed by atoms with van der Waals surface area (Å²) in [6.07, 6.45) is 4.01. The van der Waals surface area contributed by atoms with Crippen LogP contribution in [0.3, 0.4) is 0 Å². The van der Waals surface area contributed by atoms with Crippen LogP contribution in [0.1, 0.15) is 96.8 Å². The van der Waals surface area contributed by atoms with Gasteiger partial charge in [-0.15, -0.1) is 95.1 Å². The second-order valence-electron chi connectivity index (χ2n) is 33.7. The van der Waals surface area contributed by atoms with Gasteiger partial charge in [0.15, 0.2) is 0 Å². The number of aromatic nitrogens is 4. The van der Waals surface area contributed by atoms with E-state index in [4.69, 9.17) is 40.4 Å². The smallest absolute Gasteiger partial charge is 0.121 e. The number of nitrogens with zero attached hydrogens (tertiary/aromatic N) is 4. The molecular formula is C114H100Ir2N4O2Si2-4. The van der Waals surface area contributed by atoms with Gasteiger partial charge in [-0.2, -0.15) is 0 Å². The minimum Gasteiger partial charge on any atom is -0.501 e. The molecule has 0 bridgehead atoms. The van der Waals surface area contributed by atoms with Crippen LogP contribution in [0, 0.1) is 77.6 Å². The molecule has 6 heterocycles. The van der Waals surface area contributed by atoms with E-state index in [2.05, 4.69) is 156 Å². The van der Waals surface area contributed by atoms with E-state index >= 15 is 0 Å². The van der Waals surface area contributed by atoms with Crippen LogP contribution >= 0.6 is 0 Å². The van der Waals surface area contributed by atoms with Gasteiger partial charge >= 0.3 is 0 Å². The molecule has 0 aliphatic heterocycles. The number of hydrogen-bond acceptors (Lipinski definition) is 6. The fraction of sp³-hybridized carbons (Fsp3) is 0.158. The molecule has 20 aromatic rings. The van der Waals surface area contributed by atoms with E-state index in [1.807, 2.05) is 142 Å². The average Bonchev–Trinajstić information content (AvgIpc) is 1.56. The Kier molecular flexibility index (Phi) is 18.1. The standard InChI is InChI=1S/2C36H30NOSi.C23H24N.C19H16N.2Ir/c2*1-22-17-26(39(3,4)5)15-16-27(22)31-19-34(37-21-23(31)2)30-12-8-11-29-33-18-25-14-13-24-9-6-7-10-28(24)32(25)20-35(33)38-36(29)30;1-17-10-12-20(14-21(17)19-8-6-5-7-9-19)22-13-11-18(16-24-22)15-23(2,3)4;1-14-8-11-19(20-13-14)17-10-9-15(2)18(12-17)16-6-4-3-5-7-16;;/h2*6-11,13-21H,1-5H3;5-11,13-14,16H,15H2,1-4H3;3-9,11-13H,1-2H3;;/q4*-1;;/i2*1D3,2D3;1D3,15D2;1D3,2D3;;. The molecule has 0 saturated carbocycles. The molecule has 618 valence electrons. The predicted octanol–water partition coefficient (Wildman–Crippen LogP) is 30.1. The van der Waals surface area contributed by atoms with Gasteiger partial charge in [-0.1, -0.05) is 323 Å². The van der Waals surface area contributed by atoms with E-state index in [1.54, 1.807) is 72.9 Å². The van der Waals surface area contributed by atoms with Crippen LogP contribution in [0.5, 0.6) is 0 Å². The van der Waals surface area contributed by atoms with Crippen molar-refractivity contribution in [2.24, 2.45) is 5.41 Å². The molecule has 0 aliphatic rings. The number of rotatable bonds is 11. The Hall–Kier alpha value is -11.9. The van der Waals surface area contributed by atoms with Gasteiger partial charge < -0.3 is 28.8 Å². The molecule has 0 saturated heterocycles. The summed E-state index contributed by atoms with van der Waals surface area (Å²) in [6.45, 7) is 1.83. The summed E-state index contributed by atoms with van der Waals surface area (Å²) in [5, 5.41) is 14.6. The Labute approximate surface area is 791 Å². The van der Waals surface area contributed by atoms with E-state index in [0.717, 1.165) is 97.3 Å². The number of benzene rings is 14. The van der Waals surface area contributed by atoms with Crippen molar-refractivity contribution in [2.45, 2.75) is 114 Å². The fourth-order valence-electron chi connectivity index (χ4n) is 15.6. The molecule has 0 atom stereocenters. The monoisotopic (exact) mass is 2020 g/mol. The summed E-state index contributed by atoms with van der Waals surface area (Å²) in [5.41, 5.74) is 12.0. The number of pyridine rings is 4. The van der Waals surface area contributed by atoms with E-state index in [9.17, 15) is 0 Å². The molecular weight excluding hydrogens is 1900 g/mol. The van der Waals surface area contributed by atoms with E-state index in [-0.39, 0.29) is 79.2 Å². The van der Waals surface area contributed by atoms with Crippen molar-refractivity contribution < 1.29 is 80.6 Å². The molecule has 6 nitrogen and oxygen atoms in total. The molecule has 14 aromatic carbocycles. The fourth-order valence-corrected chi connectivity index (χ4v) is 17.9. The second-order valence-corrected chi connectivity index (χ2v) is 43.8. The molecule has 0 spiro atoms. The van der Waals surface area contributed by atoms with Gasteiger partial charge in [0.25, 0.3) is 0 Å². The van der Waals surface area contributed by atoms with Crippen LogP contribution in [0.25, 0.3) is 177 Å². The third-order valence-corrected chi connectivity index (χ3v) is 26.0. The second kappa shape index (κ2) is 36.1. The van der Waals surface area contributed by atoms with Gasteiger partial charge in [0.2, 0.25) is 0 Å². The molecule has 2 radical (unpaired) electrons. The quantitative estimate of drug-likeness (QED) is 0.0729. The van der Waals surface area contributed by atoms with Crippen molar-refractivity contribution in [3.8, 4) is 89.5 Å². The molecule has 0 N–H and O–H groups in total.